The number of aryl methyl sites for hydroxylation is 1. The SMILES string of the molecule is O=C1/C(=C/CCc2cc(F)cc3c2OCOC3)SC(=S)N1Cc1ccc2c(c1)OCO2. The predicted octanol–water partition coefficient (Wildman–Crippen LogP) is 4.30. The molecule has 0 unspecified atom stereocenters. The number of carbonyl (C=O) groups excluding carboxylic acids is 1. The number of benzene rings is 2. The summed E-state index contributed by atoms with van der Waals surface area (Å²) in [6.07, 6.45) is 2.97. The van der Waals surface area contributed by atoms with Crippen LogP contribution < -0.4 is 14.2 Å². The number of amides is 1. The van der Waals surface area contributed by atoms with Crippen LogP contribution in [0.5, 0.6) is 17.2 Å². The fourth-order valence-corrected chi connectivity index (χ4v) is 4.96. The van der Waals surface area contributed by atoms with Gasteiger partial charge in [0.1, 0.15) is 15.9 Å². The number of ether oxygens (including phenoxy) is 4. The molecule has 0 saturated carbocycles. The van der Waals surface area contributed by atoms with Crippen LogP contribution in [0.15, 0.2) is 41.3 Å². The van der Waals surface area contributed by atoms with Gasteiger partial charge >= 0.3 is 0 Å². The molecule has 3 aliphatic rings. The average Bonchev–Trinajstić information content (AvgIpc) is 3.33. The summed E-state index contributed by atoms with van der Waals surface area (Å²) in [6.45, 7) is 1.06. The van der Waals surface area contributed by atoms with Gasteiger partial charge in [-0.25, -0.2) is 4.39 Å². The molecule has 0 N–H and O–H groups in total. The quantitative estimate of drug-likeness (QED) is 0.488. The number of allylic oxidation sites excluding steroid dienone is 1. The number of carbonyl (C=O) groups is 1. The Morgan fingerprint density at radius 2 is 2.00 bits per heavy atom. The summed E-state index contributed by atoms with van der Waals surface area (Å²) in [6, 6.07) is 8.49. The van der Waals surface area contributed by atoms with Crippen LogP contribution in [0.4, 0.5) is 4.39 Å². The summed E-state index contributed by atoms with van der Waals surface area (Å²) < 4.78 is 35.9. The fourth-order valence-electron chi connectivity index (χ4n) is 3.70. The Bertz CT molecular complexity index is 1100. The van der Waals surface area contributed by atoms with Crippen LogP contribution in [0.25, 0.3) is 0 Å². The molecule has 6 nitrogen and oxygen atoms in total. The van der Waals surface area contributed by atoms with E-state index in [2.05, 4.69) is 0 Å². The topological polar surface area (TPSA) is 57.2 Å². The van der Waals surface area contributed by atoms with Gasteiger partial charge in [0, 0.05) is 5.56 Å². The third-order valence-corrected chi connectivity index (χ3v) is 6.57. The molecule has 9 heteroatoms. The molecule has 0 aliphatic carbocycles. The number of rotatable bonds is 5. The van der Waals surface area contributed by atoms with Crippen LogP contribution in [-0.4, -0.2) is 28.7 Å². The molecule has 3 heterocycles. The van der Waals surface area contributed by atoms with E-state index in [1.807, 2.05) is 24.3 Å². The van der Waals surface area contributed by atoms with Crippen LogP contribution in [-0.2, 0) is 29.1 Å². The molecular weight excluding hydrogens is 441 g/mol. The van der Waals surface area contributed by atoms with E-state index in [0.717, 1.165) is 11.1 Å². The van der Waals surface area contributed by atoms with E-state index in [9.17, 15) is 9.18 Å². The molecule has 31 heavy (non-hydrogen) atoms. The zero-order valence-electron chi connectivity index (χ0n) is 16.4. The van der Waals surface area contributed by atoms with Gasteiger partial charge in [0.2, 0.25) is 6.79 Å². The molecule has 1 amide bonds. The molecule has 2 aromatic carbocycles. The van der Waals surface area contributed by atoms with Gasteiger partial charge in [-0.1, -0.05) is 36.1 Å². The van der Waals surface area contributed by atoms with Crippen molar-refractivity contribution in [2.24, 2.45) is 0 Å². The molecule has 0 bridgehead atoms. The molecular formula is C22H18FNO5S2. The third-order valence-electron chi connectivity index (χ3n) is 5.15. The first-order valence-electron chi connectivity index (χ1n) is 9.72. The number of hydrogen-bond donors (Lipinski definition) is 0. The van der Waals surface area contributed by atoms with Crippen LogP contribution in [0.3, 0.4) is 0 Å². The minimum absolute atomic E-state index is 0.126. The van der Waals surface area contributed by atoms with Gasteiger partial charge in [0.15, 0.2) is 18.3 Å². The molecule has 3 aliphatic heterocycles. The largest absolute Gasteiger partial charge is 0.467 e. The van der Waals surface area contributed by atoms with Crippen molar-refractivity contribution >= 4 is 34.2 Å². The maximum atomic E-state index is 13.9. The summed E-state index contributed by atoms with van der Waals surface area (Å²) in [7, 11) is 0. The van der Waals surface area contributed by atoms with Crippen molar-refractivity contribution in [2.45, 2.75) is 26.0 Å². The van der Waals surface area contributed by atoms with E-state index in [-0.39, 0.29) is 25.3 Å². The Balaban J connectivity index is 1.26. The van der Waals surface area contributed by atoms with Crippen molar-refractivity contribution < 1.29 is 28.1 Å². The van der Waals surface area contributed by atoms with Crippen molar-refractivity contribution in [3.05, 3.63) is 63.8 Å². The number of nitrogens with zero attached hydrogens (tertiary/aromatic N) is 1. The highest BCUT2D eigenvalue weighted by atomic mass is 32.2. The monoisotopic (exact) mass is 459 g/mol. The summed E-state index contributed by atoms with van der Waals surface area (Å²) in [5.41, 5.74) is 2.38. The van der Waals surface area contributed by atoms with Crippen LogP contribution in [0.1, 0.15) is 23.1 Å². The lowest BCUT2D eigenvalue weighted by molar-refractivity contribution is -0.122. The maximum Gasteiger partial charge on any atom is 0.266 e. The summed E-state index contributed by atoms with van der Waals surface area (Å²) in [4.78, 5) is 15.0. The Morgan fingerprint density at radius 3 is 2.90 bits per heavy atom. The number of hydrogen-bond acceptors (Lipinski definition) is 7. The molecule has 0 aromatic heterocycles. The number of halogens is 1. The second kappa shape index (κ2) is 8.49. The first-order chi connectivity index (χ1) is 15.1. The van der Waals surface area contributed by atoms with E-state index in [4.69, 9.17) is 31.2 Å². The molecule has 0 radical (unpaired) electrons. The van der Waals surface area contributed by atoms with Gasteiger partial charge in [0.05, 0.1) is 18.1 Å². The fraction of sp³-hybridized carbons (Fsp3) is 0.273. The van der Waals surface area contributed by atoms with Gasteiger partial charge in [-0.2, -0.15) is 0 Å². The van der Waals surface area contributed by atoms with Crippen molar-refractivity contribution in [3.63, 3.8) is 0 Å². The summed E-state index contributed by atoms with van der Waals surface area (Å²) in [5, 5.41) is 0. The van der Waals surface area contributed by atoms with Gasteiger partial charge < -0.3 is 18.9 Å². The highest BCUT2D eigenvalue weighted by molar-refractivity contribution is 8.26. The second-order valence-electron chi connectivity index (χ2n) is 7.22. The second-order valence-corrected chi connectivity index (χ2v) is 8.89. The highest BCUT2D eigenvalue weighted by Crippen LogP contribution is 2.36. The van der Waals surface area contributed by atoms with Crippen molar-refractivity contribution in [1.82, 2.24) is 4.90 Å². The Labute approximate surface area is 187 Å². The number of fused-ring (bicyclic) bond motifs is 2. The van der Waals surface area contributed by atoms with Crippen LogP contribution in [0, 0.1) is 5.82 Å². The zero-order chi connectivity index (χ0) is 21.4. The lowest BCUT2D eigenvalue weighted by atomic mass is 10.0. The molecule has 0 atom stereocenters. The minimum Gasteiger partial charge on any atom is -0.467 e. The molecule has 2 aromatic rings. The first-order valence-corrected chi connectivity index (χ1v) is 10.9. The number of thiocarbonyl (C=S) groups is 1. The lowest BCUT2D eigenvalue weighted by Gasteiger charge is -2.20. The molecule has 160 valence electrons. The lowest BCUT2D eigenvalue weighted by Crippen LogP contribution is -2.27. The summed E-state index contributed by atoms with van der Waals surface area (Å²) in [5.74, 6) is 1.60. The van der Waals surface area contributed by atoms with Gasteiger partial charge in [0.25, 0.3) is 5.91 Å². The Hall–Kier alpha value is -2.62. The van der Waals surface area contributed by atoms with Crippen LogP contribution in [0.2, 0.25) is 0 Å². The first kappa shape index (κ1) is 20.3. The predicted molar refractivity (Wildman–Crippen MR) is 116 cm³/mol. The Kier molecular flexibility index (Phi) is 5.56. The zero-order valence-corrected chi connectivity index (χ0v) is 18.0. The van der Waals surface area contributed by atoms with E-state index in [1.54, 1.807) is 4.90 Å². The summed E-state index contributed by atoms with van der Waals surface area (Å²) >= 11 is 6.70. The van der Waals surface area contributed by atoms with Crippen molar-refractivity contribution in [2.75, 3.05) is 13.6 Å². The van der Waals surface area contributed by atoms with Gasteiger partial charge in [-0.15, -0.1) is 0 Å². The van der Waals surface area contributed by atoms with Crippen molar-refractivity contribution in [1.29, 1.82) is 0 Å². The van der Waals surface area contributed by atoms with Gasteiger partial charge in [-0.05, 0) is 48.2 Å². The Morgan fingerprint density at radius 1 is 1.13 bits per heavy atom. The molecule has 1 fully saturated rings. The van der Waals surface area contributed by atoms with E-state index < -0.39 is 0 Å². The number of thioether (sulfide) groups is 1. The normalized spacial score (nSPS) is 18.5. The van der Waals surface area contributed by atoms with E-state index in [0.29, 0.717) is 58.0 Å². The maximum absolute atomic E-state index is 13.9. The minimum atomic E-state index is -0.321. The molecule has 1 saturated heterocycles. The van der Waals surface area contributed by atoms with Gasteiger partial charge in [-0.3, -0.25) is 9.69 Å². The van der Waals surface area contributed by atoms with Crippen LogP contribution >= 0.6 is 24.0 Å². The van der Waals surface area contributed by atoms with E-state index >= 15 is 0 Å². The molecule has 5 rings (SSSR count). The standard InChI is InChI=1S/C22H18FNO5S2/c23-16-7-14(20-15(8-16)10-26-11-29-20)2-1-3-19-21(25)24(22(30)31-19)9-13-4-5-17-18(6-13)28-12-27-17/h3-8H,1-2,9-12H2/b19-3-. The molecule has 0 spiro atoms. The van der Waals surface area contributed by atoms with Crippen molar-refractivity contribution in [3.8, 4) is 17.2 Å². The smallest absolute Gasteiger partial charge is 0.266 e. The van der Waals surface area contributed by atoms with E-state index in [1.165, 1.54) is 23.9 Å². The average molecular weight is 460 g/mol. The highest BCUT2D eigenvalue weighted by Gasteiger charge is 2.32. The third kappa shape index (κ3) is 4.13.